The molecule has 0 bridgehead atoms. The summed E-state index contributed by atoms with van der Waals surface area (Å²) in [4.78, 5) is 16.1. The van der Waals surface area contributed by atoms with Crippen LogP contribution < -0.4 is 9.47 Å². The Morgan fingerprint density at radius 2 is 2.05 bits per heavy atom. The molecule has 0 N–H and O–H groups in total. The number of aliphatic imine (C=N–C) groups is 1. The molecule has 0 amide bonds. The van der Waals surface area contributed by atoms with Gasteiger partial charge in [-0.2, -0.15) is 0 Å². The normalized spacial score (nSPS) is 15.6. The minimum Gasteiger partial charge on any atom is -0.497 e. The Bertz CT molecular complexity index is 759. The largest absolute Gasteiger partial charge is 0.497 e. The van der Waals surface area contributed by atoms with Crippen LogP contribution in [0.4, 0.5) is 0 Å². The van der Waals surface area contributed by atoms with Gasteiger partial charge in [0.15, 0.2) is 11.5 Å². The zero-order valence-corrected chi connectivity index (χ0v) is 12.0. The summed E-state index contributed by atoms with van der Waals surface area (Å²) in [5.41, 5.74) is 0.830. The first kappa shape index (κ1) is 13.9. The molecule has 0 atom stereocenters. The van der Waals surface area contributed by atoms with Crippen LogP contribution in [0.5, 0.6) is 11.5 Å². The second kappa shape index (κ2) is 5.77. The van der Waals surface area contributed by atoms with E-state index in [0.717, 1.165) is 0 Å². The van der Waals surface area contributed by atoms with Crippen molar-refractivity contribution in [3.05, 3.63) is 53.6 Å². The van der Waals surface area contributed by atoms with Gasteiger partial charge in [-0.05, 0) is 36.4 Å². The van der Waals surface area contributed by atoms with Gasteiger partial charge >= 0.3 is 5.97 Å². The van der Waals surface area contributed by atoms with Crippen LogP contribution in [0, 0.1) is 0 Å². The van der Waals surface area contributed by atoms with Crippen molar-refractivity contribution in [1.82, 2.24) is 0 Å². The summed E-state index contributed by atoms with van der Waals surface area (Å²) in [6.07, 6.45) is 3.07. The molecular formula is C16H13NO5. The van der Waals surface area contributed by atoms with Crippen LogP contribution in [0.25, 0.3) is 6.08 Å². The molecule has 22 heavy (non-hydrogen) atoms. The van der Waals surface area contributed by atoms with Gasteiger partial charge in [-0.3, -0.25) is 0 Å². The third-order valence-corrected chi connectivity index (χ3v) is 3.08. The van der Waals surface area contributed by atoms with Crippen molar-refractivity contribution in [1.29, 1.82) is 0 Å². The van der Waals surface area contributed by atoms with Gasteiger partial charge in [0, 0.05) is 5.56 Å². The highest BCUT2D eigenvalue weighted by Crippen LogP contribution is 2.28. The molecule has 2 aromatic rings. The molecule has 112 valence electrons. The molecule has 1 aromatic heterocycles. The summed E-state index contributed by atoms with van der Waals surface area (Å²) in [5.74, 6) is 1.24. The highest BCUT2D eigenvalue weighted by molar-refractivity contribution is 6.12. The van der Waals surface area contributed by atoms with Gasteiger partial charge < -0.3 is 18.6 Å². The van der Waals surface area contributed by atoms with E-state index >= 15 is 0 Å². The van der Waals surface area contributed by atoms with E-state index in [4.69, 9.17) is 18.6 Å². The molecule has 0 saturated heterocycles. The Balaban J connectivity index is 1.99. The van der Waals surface area contributed by atoms with Crippen molar-refractivity contribution in [2.75, 3.05) is 14.2 Å². The van der Waals surface area contributed by atoms with Crippen molar-refractivity contribution in [2.45, 2.75) is 0 Å². The molecule has 0 unspecified atom stereocenters. The zero-order valence-electron chi connectivity index (χ0n) is 12.0. The van der Waals surface area contributed by atoms with E-state index < -0.39 is 5.97 Å². The monoisotopic (exact) mass is 299 g/mol. The number of cyclic esters (lactones) is 1. The fourth-order valence-corrected chi connectivity index (χ4v) is 2.01. The van der Waals surface area contributed by atoms with Gasteiger partial charge in [0.1, 0.15) is 11.5 Å². The molecule has 6 heteroatoms. The zero-order chi connectivity index (χ0) is 15.5. The van der Waals surface area contributed by atoms with Crippen molar-refractivity contribution >= 4 is 17.9 Å². The summed E-state index contributed by atoms with van der Waals surface area (Å²) < 4.78 is 20.7. The molecule has 0 radical (unpaired) electrons. The molecule has 1 aliphatic rings. The summed E-state index contributed by atoms with van der Waals surface area (Å²) in [7, 11) is 3.12. The molecule has 0 fully saturated rings. The maximum absolute atomic E-state index is 11.9. The fourth-order valence-electron chi connectivity index (χ4n) is 2.01. The number of rotatable bonds is 4. The molecule has 6 nitrogen and oxygen atoms in total. The van der Waals surface area contributed by atoms with Gasteiger partial charge in [0.25, 0.3) is 5.90 Å². The number of hydrogen-bond donors (Lipinski definition) is 0. The van der Waals surface area contributed by atoms with Crippen molar-refractivity contribution < 1.29 is 23.4 Å². The summed E-state index contributed by atoms with van der Waals surface area (Å²) >= 11 is 0. The lowest BCUT2D eigenvalue weighted by Crippen LogP contribution is -2.04. The number of esters is 1. The number of benzene rings is 1. The van der Waals surface area contributed by atoms with Crippen molar-refractivity contribution in [2.24, 2.45) is 4.99 Å². The van der Waals surface area contributed by atoms with E-state index in [-0.39, 0.29) is 11.6 Å². The highest BCUT2D eigenvalue weighted by Gasteiger charge is 2.26. The van der Waals surface area contributed by atoms with Crippen LogP contribution in [-0.4, -0.2) is 26.1 Å². The van der Waals surface area contributed by atoms with E-state index in [1.165, 1.54) is 6.26 Å². The number of carbonyl (C=O) groups excluding carboxylic acids is 1. The minimum atomic E-state index is -0.545. The van der Waals surface area contributed by atoms with Crippen molar-refractivity contribution in [3.63, 3.8) is 0 Å². The number of ether oxygens (including phenoxy) is 3. The molecule has 1 aromatic carbocycles. The van der Waals surface area contributed by atoms with Crippen LogP contribution in [0.3, 0.4) is 0 Å². The number of methoxy groups -OCH3 is 2. The maximum atomic E-state index is 11.9. The molecule has 0 aliphatic carbocycles. The number of carbonyl (C=O) groups is 1. The first-order valence-electron chi connectivity index (χ1n) is 6.49. The average Bonchev–Trinajstić information content (AvgIpc) is 3.17. The fraction of sp³-hybridized carbons (Fsp3) is 0.125. The SMILES string of the molecule is COc1ccc(OC)c(/C=C2\N=C(c3ccco3)OC2=O)c1. The lowest BCUT2D eigenvalue weighted by Gasteiger charge is -2.07. The predicted molar refractivity (Wildman–Crippen MR) is 78.9 cm³/mol. The Hall–Kier alpha value is -3.02. The van der Waals surface area contributed by atoms with E-state index in [1.807, 2.05) is 0 Å². The summed E-state index contributed by atoms with van der Waals surface area (Å²) in [5, 5.41) is 0. The van der Waals surface area contributed by atoms with Crippen LogP contribution in [0.2, 0.25) is 0 Å². The minimum absolute atomic E-state index is 0.142. The predicted octanol–water partition coefficient (Wildman–Crippen LogP) is 2.64. The number of nitrogens with zero attached hydrogens (tertiary/aromatic N) is 1. The third kappa shape index (κ3) is 2.58. The van der Waals surface area contributed by atoms with Gasteiger partial charge in [-0.15, -0.1) is 0 Å². The Labute approximate surface area is 126 Å². The van der Waals surface area contributed by atoms with Gasteiger partial charge in [-0.25, -0.2) is 9.79 Å². The molecule has 2 heterocycles. The third-order valence-electron chi connectivity index (χ3n) is 3.08. The van der Waals surface area contributed by atoms with Crippen LogP contribution in [-0.2, 0) is 9.53 Å². The lowest BCUT2D eigenvalue weighted by atomic mass is 10.1. The Morgan fingerprint density at radius 1 is 1.18 bits per heavy atom. The van der Waals surface area contributed by atoms with Crippen LogP contribution in [0.1, 0.15) is 11.3 Å². The Morgan fingerprint density at radius 3 is 2.73 bits per heavy atom. The first-order chi connectivity index (χ1) is 10.7. The number of hydrogen-bond acceptors (Lipinski definition) is 6. The number of furan rings is 1. The topological polar surface area (TPSA) is 70.3 Å². The van der Waals surface area contributed by atoms with Gasteiger partial charge in [0.2, 0.25) is 0 Å². The maximum Gasteiger partial charge on any atom is 0.363 e. The molecule has 3 rings (SSSR count). The highest BCUT2D eigenvalue weighted by atomic mass is 16.6. The molecular weight excluding hydrogens is 286 g/mol. The van der Waals surface area contributed by atoms with Crippen molar-refractivity contribution in [3.8, 4) is 11.5 Å². The second-order valence-electron chi connectivity index (χ2n) is 4.42. The van der Waals surface area contributed by atoms with Gasteiger partial charge in [-0.1, -0.05) is 0 Å². The second-order valence-corrected chi connectivity index (χ2v) is 4.42. The van der Waals surface area contributed by atoms with Crippen LogP contribution >= 0.6 is 0 Å². The standard InChI is InChI=1S/C16H13NO5/c1-19-11-5-6-13(20-2)10(8-11)9-12-16(18)22-15(17-12)14-4-3-7-21-14/h3-9H,1-2H3/b12-9-. The summed E-state index contributed by atoms with van der Waals surface area (Å²) in [6, 6.07) is 8.63. The van der Waals surface area contributed by atoms with E-state index in [0.29, 0.717) is 22.8 Å². The molecule has 1 aliphatic heterocycles. The summed E-state index contributed by atoms with van der Waals surface area (Å²) in [6.45, 7) is 0. The first-order valence-corrected chi connectivity index (χ1v) is 6.49. The smallest absolute Gasteiger partial charge is 0.363 e. The molecule has 0 saturated carbocycles. The van der Waals surface area contributed by atoms with E-state index in [2.05, 4.69) is 4.99 Å². The Kier molecular flexibility index (Phi) is 3.65. The van der Waals surface area contributed by atoms with E-state index in [1.54, 1.807) is 50.6 Å². The average molecular weight is 299 g/mol. The van der Waals surface area contributed by atoms with Gasteiger partial charge in [0.05, 0.1) is 20.5 Å². The molecule has 0 spiro atoms. The lowest BCUT2D eigenvalue weighted by molar-refractivity contribution is -0.130. The van der Waals surface area contributed by atoms with Crippen LogP contribution in [0.15, 0.2) is 51.7 Å². The quantitative estimate of drug-likeness (QED) is 0.641. The van der Waals surface area contributed by atoms with E-state index in [9.17, 15) is 4.79 Å².